The second kappa shape index (κ2) is 5.09. The maximum atomic E-state index is 10.9. The summed E-state index contributed by atoms with van der Waals surface area (Å²) >= 11 is 3.12. The molecule has 6 nitrogen and oxygen atoms in total. The molecule has 0 amide bonds. The van der Waals surface area contributed by atoms with E-state index in [1.54, 1.807) is 31.5 Å². The van der Waals surface area contributed by atoms with E-state index >= 15 is 0 Å². The monoisotopic (exact) mass is 308 g/mol. The number of nitrogens with one attached hydrogen (secondary N) is 1. The Morgan fingerprint density at radius 3 is 2.61 bits per heavy atom. The normalized spacial score (nSPS) is 10.1. The molecule has 0 saturated carbocycles. The number of aromatic nitrogens is 2. The second-order valence-corrected chi connectivity index (χ2v) is 4.30. The van der Waals surface area contributed by atoms with E-state index in [-0.39, 0.29) is 5.69 Å². The van der Waals surface area contributed by atoms with Crippen molar-refractivity contribution >= 4 is 33.0 Å². The summed E-state index contributed by atoms with van der Waals surface area (Å²) in [7, 11) is 0. The van der Waals surface area contributed by atoms with Crippen molar-refractivity contribution in [3.8, 4) is 0 Å². The summed E-state index contributed by atoms with van der Waals surface area (Å²) in [5, 5.41) is 13.9. The largest absolute Gasteiger partial charge is 0.347 e. The number of aryl methyl sites for hydroxylation is 1. The Balaban J connectivity index is 2.39. The summed E-state index contributed by atoms with van der Waals surface area (Å²) in [6.45, 7) is 1.80. The fourth-order valence-electron chi connectivity index (χ4n) is 1.49. The first-order chi connectivity index (χ1) is 8.58. The van der Waals surface area contributed by atoms with Gasteiger partial charge in [0.15, 0.2) is 4.73 Å². The van der Waals surface area contributed by atoms with E-state index < -0.39 is 4.92 Å². The van der Waals surface area contributed by atoms with Crippen LogP contribution in [-0.2, 0) is 0 Å². The zero-order valence-electron chi connectivity index (χ0n) is 9.42. The SMILES string of the molecule is Cc1cccc([N+](=O)[O-])c1Nc1cnc(Br)nc1. The van der Waals surface area contributed by atoms with Gasteiger partial charge in [-0.1, -0.05) is 12.1 Å². The molecular weight excluding hydrogens is 300 g/mol. The summed E-state index contributed by atoms with van der Waals surface area (Å²) < 4.78 is 0.465. The van der Waals surface area contributed by atoms with Crippen molar-refractivity contribution in [3.63, 3.8) is 0 Å². The molecule has 0 unspecified atom stereocenters. The van der Waals surface area contributed by atoms with E-state index in [1.165, 1.54) is 6.07 Å². The number of halogens is 1. The Bertz CT molecular complexity index is 586. The molecule has 0 bridgehead atoms. The Kier molecular flexibility index (Phi) is 3.52. The van der Waals surface area contributed by atoms with Crippen molar-refractivity contribution < 1.29 is 4.92 Å². The van der Waals surface area contributed by atoms with Crippen LogP contribution in [0, 0.1) is 17.0 Å². The Hall–Kier alpha value is -2.02. The standard InChI is InChI=1S/C11H9BrN4O2/c1-7-3-2-4-9(16(17)18)10(7)15-8-5-13-11(12)14-6-8/h2-6,15H,1H3. The van der Waals surface area contributed by atoms with Crippen LogP contribution in [0.2, 0.25) is 0 Å². The molecule has 7 heteroatoms. The molecule has 1 aromatic carbocycles. The van der Waals surface area contributed by atoms with Crippen molar-refractivity contribution in [2.24, 2.45) is 0 Å². The van der Waals surface area contributed by atoms with Gasteiger partial charge in [-0.2, -0.15) is 0 Å². The molecule has 0 aliphatic carbocycles. The Morgan fingerprint density at radius 1 is 1.33 bits per heavy atom. The van der Waals surface area contributed by atoms with Crippen molar-refractivity contribution in [2.75, 3.05) is 5.32 Å². The van der Waals surface area contributed by atoms with Crippen LogP contribution in [0.5, 0.6) is 0 Å². The molecule has 0 aliphatic rings. The molecule has 2 aromatic rings. The number of nitro benzene ring substituents is 1. The minimum absolute atomic E-state index is 0.0259. The Labute approximate surface area is 111 Å². The first-order valence-corrected chi connectivity index (χ1v) is 5.86. The van der Waals surface area contributed by atoms with Gasteiger partial charge in [-0.25, -0.2) is 9.97 Å². The maximum Gasteiger partial charge on any atom is 0.292 e. The number of anilines is 2. The van der Waals surface area contributed by atoms with Gasteiger partial charge in [-0.15, -0.1) is 0 Å². The highest BCUT2D eigenvalue weighted by Crippen LogP contribution is 2.30. The molecule has 0 atom stereocenters. The molecule has 0 saturated heterocycles. The van der Waals surface area contributed by atoms with Crippen LogP contribution in [0.15, 0.2) is 35.3 Å². The number of benzene rings is 1. The van der Waals surface area contributed by atoms with E-state index in [9.17, 15) is 10.1 Å². The predicted octanol–water partition coefficient (Wildman–Crippen LogP) is 3.20. The van der Waals surface area contributed by atoms with Gasteiger partial charge >= 0.3 is 0 Å². The van der Waals surface area contributed by atoms with Crippen LogP contribution in [0.25, 0.3) is 0 Å². The van der Waals surface area contributed by atoms with Gasteiger partial charge in [-0.05, 0) is 28.4 Å². The summed E-state index contributed by atoms with van der Waals surface area (Å²) in [4.78, 5) is 18.4. The number of para-hydroxylation sites is 1. The van der Waals surface area contributed by atoms with Crippen LogP contribution < -0.4 is 5.32 Å². The van der Waals surface area contributed by atoms with Crippen LogP contribution in [0.4, 0.5) is 17.1 Å². The van der Waals surface area contributed by atoms with Gasteiger partial charge in [-0.3, -0.25) is 10.1 Å². The van der Waals surface area contributed by atoms with Crippen molar-refractivity contribution in [3.05, 3.63) is 51.0 Å². The van der Waals surface area contributed by atoms with E-state index in [1.807, 2.05) is 0 Å². The lowest BCUT2D eigenvalue weighted by atomic mass is 10.1. The number of rotatable bonds is 3. The van der Waals surface area contributed by atoms with E-state index in [0.717, 1.165) is 5.56 Å². The molecule has 0 spiro atoms. The average Bonchev–Trinajstić information content (AvgIpc) is 2.34. The molecule has 1 N–H and O–H groups in total. The smallest absolute Gasteiger partial charge is 0.292 e. The zero-order valence-corrected chi connectivity index (χ0v) is 11.0. The summed E-state index contributed by atoms with van der Waals surface area (Å²) in [6, 6.07) is 4.90. The molecule has 92 valence electrons. The van der Waals surface area contributed by atoms with E-state index in [2.05, 4.69) is 31.2 Å². The number of nitrogens with zero attached hydrogens (tertiary/aromatic N) is 3. The van der Waals surface area contributed by atoms with Gasteiger partial charge in [0.1, 0.15) is 5.69 Å². The second-order valence-electron chi connectivity index (χ2n) is 3.59. The highest BCUT2D eigenvalue weighted by molar-refractivity contribution is 9.10. The van der Waals surface area contributed by atoms with E-state index in [0.29, 0.717) is 16.1 Å². The molecule has 1 aromatic heterocycles. The van der Waals surface area contributed by atoms with E-state index in [4.69, 9.17) is 0 Å². The highest BCUT2D eigenvalue weighted by atomic mass is 79.9. The highest BCUT2D eigenvalue weighted by Gasteiger charge is 2.15. The zero-order chi connectivity index (χ0) is 13.1. The summed E-state index contributed by atoms with van der Waals surface area (Å²) in [6.07, 6.45) is 3.10. The van der Waals surface area contributed by atoms with Crippen LogP contribution in [0.1, 0.15) is 5.56 Å². The molecule has 0 radical (unpaired) electrons. The minimum atomic E-state index is -0.422. The van der Waals surface area contributed by atoms with Crippen LogP contribution in [-0.4, -0.2) is 14.9 Å². The van der Waals surface area contributed by atoms with Crippen molar-refractivity contribution in [1.29, 1.82) is 0 Å². The molecule has 0 aliphatic heterocycles. The van der Waals surface area contributed by atoms with Crippen LogP contribution >= 0.6 is 15.9 Å². The minimum Gasteiger partial charge on any atom is -0.347 e. The summed E-state index contributed by atoms with van der Waals surface area (Å²) in [5.74, 6) is 0. The quantitative estimate of drug-likeness (QED) is 0.535. The lowest BCUT2D eigenvalue weighted by Gasteiger charge is -2.09. The third-order valence-corrected chi connectivity index (χ3v) is 2.75. The fraction of sp³-hybridized carbons (Fsp3) is 0.0909. The number of hydrogen-bond donors (Lipinski definition) is 1. The molecule has 18 heavy (non-hydrogen) atoms. The van der Waals surface area contributed by atoms with Gasteiger partial charge < -0.3 is 5.32 Å². The van der Waals surface area contributed by atoms with Crippen molar-refractivity contribution in [2.45, 2.75) is 6.92 Å². The molecule has 1 heterocycles. The van der Waals surface area contributed by atoms with Gasteiger partial charge in [0.05, 0.1) is 23.0 Å². The van der Waals surface area contributed by atoms with Crippen molar-refractivity contribution in [1.82, 2.24) is 9.97 Å². The predicted molar refractivity (Wildman–Crippen MR) is 70.8 cm³/mol. The first-order valence-electron chi connectivity index (χ1n) is 5.06. The lowest BCUT2D eigenvalue weighted by molar-refractivity contribution is -0.383. The average molecular weight is 309 g/mol. The number of hydrogen-bond acceptors (Lipinski definition) is 5. The first kappa shape index (κ1) is 12.4. The molecule has 2 rings (SSSR count). The fourth-order valence-corrected chi connectivity index (χ4v) is 1.69. The lowest BCUT2D eigenvalue weighted by Crippen LogP contribution is -2.00. The molecule has 0 fully saturated rings. The summed E-state index contributed by atoms with van der Waals surface area (Å²) in [5.41, 5.74) is 1.86. The number of nitro groups is 1. The van der Waals surface area contributed by atoms with Gasteiger partial charge in [0.2, 0.25) is 0 Å². The third-order valence-electron chi connectivity index (χ3n) is 2.34. The molecular formula is C11H9BrN4O2. The topological polar surface area (TPSA) is 81.0 Å². The Morgan fingerprint density at radius 2 is 2.00 bits per heavy atom. The van der Waals surface area contributed by atoms with Gasteiger partial charge in [0, 0.05) is 6.07 Å². The third kappa shape index (κ3) is 2.62. The maximum absolute atomic E-state index is 10.9. The van der Waals surface area contributed by atoms with Crippen LogP contribution in [0.3, 0.4) is 0 Å². The van der Waals surface area contributed by atoms with Gasteiger partial charge in [0.25, 0.3) is 5.69 Å².